The van der Waals surface area contributed by atoms with E-state index in [9.17, 15) is 9.59 Å². The summed E-state index contributed by atoms with van der Waals surface area (Å²) in [7, 11) is 3.96. The summed E-state index contributed by atoms with van der Waals surface area (Å²) in [5.41, 5.74) is 4.93. The molecule has 0 aliphatic carbocycles. The minimum absolute atomic E-state index is 0.0336. The third kappa shape index (κ3) is 7.38. The molecule has 1 fully saturated rings. The molecular formula is C31H41N7O3. The maximum absolute atomic E-state index is 12.8. The lowest BCUT2D eigenvalue weighted by Gasteiger charge is -2.41. The molecule has 1 aliphatic heterocycles. The topological polar surface area (TPSA) is 108 Å². The number of carbonyl (C=O) groups excluding carboxylic acids is 2. The zero-order valence-electron chi connectivity index (χ0n) is 25.1. The number of aryl methyl sites for hydroxylation is 1. The standard InChI is InChI=1S/C31H41N7O3/c1-21-17-23(10-11-24(21)18-33-29(40)28-34-30(41-35-28)31(3,4)5)25-12-13-32-19-26(25)37-15-16-38(22(2)20-37)27(39)9-8-14-36(6)7/h8-13,17,19,22H,14-16,18,20H2,1-7H3,(H,33,40). The summed E-state index contributed by atoms with van der Waals surface area (Å²) >= 11 is 0. The van der Waals surface area contributed by atoms with E-state index in [-0.39, 0.29) is 29.1 Å². The molecule has 2 amide bonds. The lowest BCUT2D eigenvalue weighted by atomic mass is 9.97. The van der Waals surface area contributed by atoms with Gasteiger partial charge in [0.1, 0.15) is 0 Å². The maximum atomic E-state index is 12.8. The van der Waals surface area contributed by atoms with Gasteiger partial charge < -0.3 is 24.5 Å². The first-order valence-corrected chi connectivity index (χ1v) is 14.0. The number of aromatic nitrogens is 3. The number of nitrogens with one attached hydrogen (secondary N) is 1. The normalized spacial score (nSPS) is 16.0. The van der Waals surface area contributed by atoms with Crippen LogP contribution in [0.2, 0.25) is 0 Å². The Balaban J connectivity index is 1.43. The van der Waals surface area contributed by atoms with Gasteiger partial charge in [0.05, 0.1) is 11.9 Å². The van der Waals surface area contributed by atoms with Crippen molar-refractivity contribution in [2.45, 2.75) is 52.6 Å². The van der Waals surface area contributed by atoms with Crippen LogP contribution in [-0.4, -0.2) is 83.1 Å². The summed E-state index contributed by atoms with van der Waals surface area (Å²) in [5.74, 6) is 0.142. The molecule has 41 heavy (non-hydrogen) atoms. The van der Waals surface area contributed by atoms with Crippen molar-refractivity contribution in [1.29, 1.82) is 0 Å². The van der Waals surface area contributed by atoms with Crippen molar-refractivity contribution in [2.24, 2.45) is 0 Å². The molecule has 10 heteroatoms. The second-order valence-corrected chi connectivity index (χ2v) is 11.9. The minimum Gasteiger partial charge on any atom is -0.366 e. The van der Waals surface area contributed by atoms with Crippen molar-refractivity contribution in [2.75, 3.05) is 45.2 Å². The Morgan fingerprint density at radius 1 is 1.20 bits per heavy atom. The van der Waals surface area contributed by atoms with Gasteiger partial charge in [0, 0.05) is 62.0 Å². The average molecular weight is 560 g/mol. The van der Waals surface area contributed by atoms with Gasteiger partial charge in [-0.2, -0.15) is 4.98 Å². The Labute approximate surface area is 242 Å². The summed E-state index contributed by atoms with van der Waals surface area (Å²) < 4.78 is 5.24. The highest BCUT2D eigenvalue weighted by molar-refractivity contribution is 5.90. The van der Waals surface area contributed by atoms with E-state index in [1.54, 1.807) is 12.3 Å². The highest BCUT2D eigenvalue weighted by atomic mass is 16.5. The number of pyridine rings is 1. The number of piperazine rings is 1. The fraction of sp³-hybridized carbons (Fsp3) is 0.452. The molecule has 1 aromatic carbocycles. The summed E-state index contributed by atoms with van der Waals surface area (Å²) in [5, 5.41) is 6.73. The van der Waals surface area contributed by atoms with Crippen LogP contribution in [0.5, 0.6) is 0 Å². The van der Waals surface area contributed by atoms with Gasteiger partial charge in [0.25, 0.3) is 11.7 Å². The van der Waals surface area contributed by atoms with Crippen LogP contribution in [0.25, 0.3) is 11.1 Å². The van der Waals surface area contributed by atoms with E-state index in [1.165, 1.54) is 0 Å². The van der Waals surface area contributed by atoms with E-state index in [2.05, 4.69) is 44.4 Å². The smallest absolute Gasteiger partial charge is 0.292 e. The van der Waals surface area contributed by atoms with Crippen LogP contribution in [0.4, 0.5) is 5.69 Å². The van der Waals surface area contributed by atoms with Crippen LogP contribution < -0.4 is 10.2 Å². The number of nitrogens with zero attached hydrogens (tertiary/aromatic N) is 6. The predicted octanol–water partition coefficient (Wildman–Crippen LogP) is 3.82. The van der Waals surface area contributed by atoms with E-state index >= 15 is 0 Å². The number of rotatable bonds is 8. The SMILES string of the molecule is Cc1cc(-c2ccncc2N2CCN(C(=O)C=CCN(C)C)C(C)C2)ccc1CNC(=O)c1noc(C(C)(C)C)n1. The molecule has 0 radical (unpaired) electrons. The van der Waals surface area contributed by atoms with E-state index in [0.717, 1.165) is 47.6 Å². The number of likely N-dealkylation sites (N-methyl/N-ethyl adjacent to an activating group) is 1. The van der Waals surface area contributed by atoms with E-state index < -0.39 is 0 Å². The Morgan fingerprint density at radius 2 is 1.98 bits per heavy atom. The molecule has 1 unspecified atom stereocenters. The van der Waals surface area contributed by atoms with Crippen molar-refractivity contribution >= 4 is 17.5 Å². The van der Waals surface area contributed by atoms with Crippen molar-refractivity contribution in [3.63, 3.8) is 0 Å². The molecule has 3 aromatic rings. The molecule has 2 aromatic heterocycles. The van der Waals surface area contributed by atoms with Gasteiger partial charge in [0.2, 0.25) is 11.8 Å². The number of hydrogen-bond donors (Lipinski definition) is 1. The Kier molecular flexibility index (Phi) is 9.22. The van der Waals surface area contributed by atoms with Crippen molar-refractivity contribution < 1.29 is 14.1 Å². The van der Waals surface area contributed by atoms with Crippen molar-refractivity contribution in [3.05, 3.63) is 71.7 Å². The zero-order chi connectivity index (χ0) is 29.7. The van der Waals surface area contributed by atoms with Gasteiger partial charge in [-0.15, -0.1) is 0 Å². The third-order valence-electron chi connectivity index (χ3n) is 7.15. The van der Waals surface area contributed by atoms with Gasteiger partial charge in [-0.3, -0.25) is 14.6 Å². The molecule has 10 nitrogen and oxygen atoms in total. The van der Waals surface area contributed by atoms with Gasteiger partial charge in [-0.25, -0.2) is 0 Å². The lowest BCUT2D eigenvalue weighted by Crippen LogP contribution is -2.53. The first kappa shape index (κ1) is 29.9. The fourth-order valence-electron chi connectivity index (χ4n) is 4.78. The van der Waals surface area contributed by atoms with Gasteiger partial charge >= 0.3 is 0 Å². The molecular weight excluding hydrogens is 518 g/mol. The first-order valence-electron chi connectivity index (χ1n) is 14.0. The van der Waals surface area contributed by atoms with Crippen molar-refractivity contribution in [1.82, 2.24) is 30.2 Å². The van der Waals surface area contributed by atoms with Crippen LogP contribution in [0, 0.1) is 6.92 Å². The fourth-order valence-corrected chi connectivity index (χ4v) is 4.78. The number of hydrogen-bond acceptors (Lipinski definition) is 8. The van der Waals surface area contributed by atoms with E-state index in [1.807, 2.05) is 76.0 Å². The van der Waals surface area contributed by atoms with E-state index in [0.29, 0.717) is 19.0 Å². The number of carbonyl (C=O) groups is 2. The third-order valence-corrected chi connectivity index (χ3v) is 7.15. The van der Waals surface area contributed by atoms with E-state index in [4.69, 9.17) is 4.52 Å². The molecule has 0 saturated carbocycles. The largest absolute Gasteiger partial charge is 0.366 e. The lowest BCUT2D eigenvalue weighted by molar-refractivity contribution is -0.128. The molecule has 0 spiro atoms. The molecule has 1 N–H and O–H groups in total. The Bertz CT molecular complexity index is 1410. The quantitative estimate of drug-likeness (QED) is 0.415. The molecule has 1 atom stereocenters. The molecule has 0 bridgehead atoms. The second kappa shape index (κ2) is 12.6. The second-order valence-electron chi connectivity index (χ2n) is 11.9. The highest BCUT2D eigenvalue weighted by Gasteiger charge is 2.28. The minimum atomic E-state index is -0.371. The van der Waals surface area contributed by atoms with Gasteiger partial charge in [0.15, 0.2) is 0 Å². The summed E-state index contributed by atoms with van der Waals surface area (Å²) in [6.45, 7) is 13.2. The van der Waals surface area contributed by atoms with Crippen LogP contribution >= 0.6 is 0 Å². The Hall–Kier alpha value is -4.05. The predicted molar refractivity (Wildman–Crippen MR) is 160 cm³/mol. The molecule has 1 aliphatic rings. The maximum Gasteiger partial charge on any atom is 0.292 e. The Morgan fingerprint density at radius 3 is 2.63 bits per heavy atom. The summed E-state index contributed by atoms with van der Waals surface area (Å²) in [6.07, 6.45) is 7.29. The van der Waals surface area contributed by atoms with Gasteiger partial charge in [-0.05, 0) is 50.7 Å². The van der Waals surface area contributed by atoms with Crippen molar-refractivity contribution in [3.8, 4) is 11.1 Å². The van der Waals surface area contributed by atoms with Crippen LogP contribution in [0.1, 0.15) is 55.3 Å². The molecule has 3 heterocycles. The molecule has 1 saturated heterocycles. The monoisotopic (exact) mass is 559 g/mol. The number of amides is 2. The molecule has 4 rings (SSSR count). The summed E-state index contributed by atoms with van der Waals surface area (Å²) in [6, 6.07) is 8.33. The molecule has 218 valence electrons. The summed E-state index contributed by atoms with van der Waals surface area (Å²) in [4.78, 5) is 40.3. The first-order chi connectivity index (χ1) is 19.4. The van der Waals surface area contributed by atoms with Crippen LogP contribution in [0.3, 0.4) is 0 Å². The average Bonchev–Trinajstić information content (AvgIpc) is 3.43. The van der Waals surface area contributed by atoms with Crippen LogP contribution in [-0.2, 0) is 16.8 Å². The van der Waals surface area contributed by atoms with Crippen LogP contribution in [0.15, 0.2) is 53.3 Å². The number of anilines is 1. The zero-order valence-corrected chi connectivity index (χ0v) is 25.1. The number of benzene rings is 1. The highest BCUT2D eigenvalue weighted by Crippen LogP contribution is 2.32. The van der Waals surface area contributed by atoms with Gasteiger partial charge in [-0.1, -0.05) is 50.2 Å².